The largest absolute Gasteiger partial charge is 0.401 e. The minimum atomic E-state index is -4.06. The number of alkyl halides is 3. The Morgan fingerprint density at radius 2 is 1.53 bits per heavy atom. The summed E-state index contributed by atoms with van der Waals surface area (Å²) in [6.45, 7) is 6.41. The summed E-state index contributed by atoms with van der Waals surface area (Å²) in [5, 5.41) is 0. The zero-order chi connectivity index (χ0) is 13.7. The molecule has 1 aliphatic heterocycles. The Morgan fingerprint density at radius 3 is 1.82 bits per heavy atom. The highest BCUT2D eigenvalue weighted by Gasteiger charge is 2.36. The Bertz CT molecular complexity index is 206. The summed E-state index contributed by atoms with van der Waals surface area (Å²) in [5.41, 5.74) is 0.0576. The maximum Gasteiger partial charge on any atom is 0.401 e. The van der Waals surface area contributed by atoms with Gasteiger partial charge in [0.25, 0.3) is 0 Å². The van der Waals surface area contributed by atoms with Crippen LogP contribution in [0.1, 0.15) is 33.6 Å². The van der Waals surface area contributed by atoms with E-state index in [4.69, 9.17) is 0 Å². The van der Waals surface area contributed by atoms with E-state index in [0.717, 1.165) is 12.8 Å². The number of halogens is 3. The SMILES string of the molecule is CC.CN(C)C1(C)CCN(CC(F)(F)F)CC1. The van der Waals surface area contributed by atoms with Gasteiger partial charge in [0.15, 0.2) is 0 Å². The minimum Gasteiger partial charge on any atom is -0.304 e. The molecule has 0 spiro atoms. The van der Waals surface area contributed by atoms with Gasteiger partial charge in [0, 0.05) is 18.6 Å². The van der Waals surface area contributed by atoms with Crippen LogP contribution in [-0.2, 0) is 0 Å². The maximum absolute atomic E-state index is 12.1. The topological polar surface area (TPSA) is 6.48 Å². The molecule has 0 aromatic rings. The van der Waals surface area contributed by atoms with Crippen LogP contribution in [-0.4, -0.2) is 55.2 Å². The van der Waals surface area contributed by atoms with E-state index < -0.39 is 12.7 Å². The number of hydrogen-bond acceptors (Lipinski definition) is 2. The van der Waals surface area contributed by atoms with Crippen LogP contribution >= 0.6 is 0 Å². The lowest BCUT2D eigenvalue weighted by molar-refractivity contribution is -0.150. The first-order valence-electron chi connectivity index (χ1n) is 6.19. The van der Waals surface area contributed by atoms with Crippen LogP contribution in [0, 0.1) is 0 Å². The number of nitrogens with zero attached hydrogens (tertiary/aromatic N) is 2. The summed E-state index contributed by atoms with van der Waals surface area (Å²) in [6.07, 6.45) is -2.46. The van der Waals surface area contributed by atoms with E-state index >= 15 is 0 Å². The zero-order valence-corrected chi connectivity index (χ0v) is 11.6. The van der Waals surface area contributed by atoms with Gasteiger partial charge in [-0.2, -0.15) is 13.2 Å². The summed E-state index contributed by atoms with van der Waals surface area (Å²) in [4.78, 5) is 3.60. The molecule has 0 bridgehead atoms. The van der Waals surface area contributed by atoms with Crippen molar-refractivity contribution in [2.45, 2.75) is 45.3 Å². The fraction of sp³-hybridized carbons (Fsp3) is 1.00. The van der Waals surface area contributed by atoms with E-state index in [2.05, 4.69) is 11.8 Å². The predicted molar refractivity (Wildman–Crippen MR) is 65.2 cm³/mol. The molecular weight excluding hydrogens is 229 g/mol. The molecule has 1 aliphatic rings. The highest BCUT2D eigenvalue weighted by Crippen LogP contribution is 2.28. The molecule has 0 aromatic carbocycles. The lowest BCUT2D eigenvalue weighted by atomic mass is 9.88. The number of piperidine rings is 1. The number of likely N-dealkylation sites (tertiary alicyclic amines) is 1. The Labute approximate surface area is 103 Å². The Kier molecular flexibility index (Phi) is 6.48. The van der Waals surface area contributed by atoms with Gasteiger partial charge in [-0.1, -0.05) is 13.8 Å². The van der Waals surface area contributed by atoms with Crippen molar-refractivity contribution in [2.75, 3.05) is 33.7 Å². The summed E-state index contributed by atoms with van der Waals surface area (Å²) in [7, 11) is 3.97. The molecule has 0 aliphatic carbocycles. The van der Waals surface area contributed by atoms with E-state index in [1.54, 1.807) is 0 Å². The average molecular weight is 254 g/mol. The van der Waals surface area contributed by atoms with Crippen LogP contribution < -0.4 is 0 Å². The van der Waals surface area contributed by atoms with E-state index in [0.29, 0.717) is 13.1 Å². The molecule has 0 amide bonds. The van der Waals surface area contributed by atoms with E-state index in [1.165, 1.54) is 4.90 Å². The maximum atomic E-state index is 12.1. The quantitative estimate of drug-likeness (QED) is 0.747. The molecule has 0 saturated carbocycles. The molecule has 0 radical (unpaired) electrons. The molecule has 104 valence electrons. The first-order valence-corrected chi connectivity index (χ1v) is 6.19. The Balaban J connectivity index is 0.00000121. The predicted octanol–water partition coefficient (Wildman–Crippen LogP) is 2.99. The second-order valence-electron chi connectivity index (χ2n) is 4.78. The molecule has 1 rings (SSSR count). The molecule has 17 heavy (non-hydrogen) atoms. The number of rotatable bonds is 2. The van der Waals surface area contributed by atoms with Crippen LogP contribution in [0.3, 0.4) is 0 Å². The van der Waals surface area contributed by atoms with E-state index in [-0.39, 0.29) is 5.54 Å². The first kappa shape index (κ1) is 16.7. The fourth-order valence-corrected chi connectivity index (χ4v) is 1.89. The molecule has 0 atom stereocenters. The van der Waals surface area contributed by atoms with Crippen molar-refractivity contribution in [1.29, 1.82) is 0 Å². The van der Waals surface area contributed by atoms with Crippen LogP contribution in [0.15, 0.2) is 0 Å². The minimum absolute atomic E-state index is 0.0576. The summed E-state index contributed by atoms with van der Waals surface area (Å²) >= 11 is 0. The highest BCUT2D eigenvalue weighted by atomic mass is 19.4. The van der Waals surface area contributed by atoms with Gasteiger partial charge in [-0.15, -0.1) is 0 Å². The van der Waals surface area contributed by atoms with Gasteiger partial charge < -0.3 is 4.90 Å². The van der Waals surface area contributed by atoms with Crippen LogP contribution in [0.4, 0.5) is 13.2 Å². The second-order valence-corrected chi connectivity index (χ2v) is 4.78. The summed E-state index contributed by atoms with van der Waals surface area (Å²) in [5.74, 6) is 0. The molecule has 5 heteroatoms. The molecule has 1 fully saturated rings. The van der Waals surface area contributed by atoms with Crippen molar-refractivity contribution in [2.24, 2.45) is 0 Å². The standard InChI is InChI=1S/C10H19F3N2.C2H6/c1-9(14(2)3)4-6-15(7-5-9)8-10(11,12)13;1-2/h4-8H2,1-3H3;1-2H3. The smallest absolute Gasteiger partial charge is 0.304 e. The van der Waals surface area contributed by atoms with Crippen LogP contribution in [0.5, 0.6) is 0 Å². The second kappa shape index (κ2) is 6.59. The van der Waals surface area contributed by atoms with Crippen molar-refractivity contribution in [1.82, 2.24) is 9.80 Å². The Hall–Kier alpha value is -0.290. The van der Waals surface area contributed by atoms with Gasteiger partial charge in [0.1, 0.15) is 0 Å². The third kappa shape index (κ3) is 5.73. The lowest BCUT2D eigenvalue weighted by Crippen LogP contribution is -2.52. The van der Waals surface area contributed by atoms with Crippen molar-refractivity contribution in [3.63, 3.8) is 0 Å². The highest BCUT2D eigenvalue weighted by molar-refractivity contribution is 4.89. The van der Waals surface area contributed by atoms with Gasteiger partial charge in [0.05, 0.1) is 6.54 Å². The van der Waals surface area contributed by atoms with Gasteiger partial charge >= 0.3 is 6.18 Å². The average Bonchev–Trinajstić information content (AvgIpc) is 2.22. The van der Waals surface area contributed by atoms with Gasteiger partial charge in [-0.3, -0.25) is 4.90 Å². The molecule has 0 N–H and O–H groups in total. The monoisotopic (exact) mass is 254 g/mol. The Morgan fingerprint density at radius 1 is 1.12 bits per heavy atom. The summed E-state index contributed by atoms with van der Waals surface area (Å²) in [6, 6.07) is 0. The molecule has 2 nitrogen and oxygen atoms in total. The van der Waals surface area contributed by atoms with Crippen molar-refractivity contribution in [3.05, 3.63) is 0 Å². The third-order valence-corrected chi connectivity index (χ3v) is 3.42. The van der Waals surface area contributed by atoms with Crippen molar-refractivity contribution >= 4 is 0 Å². The van der Waals surface area contributed by atoms with E-state index in [9.17, 15) is 13.2 Å². The van der Waals surface area contributed by atoms with Gasteiger partial charge in [0.2, 0.25) is 0 Å². The third-order valence-electron chi connectivity index (χ3n) is 3.42. The fourth-order valence-electron chi connectivity index (χ4n) is 1.89. The molecule has 1 saturated heterocycles. The lowest BCUT2D eigenvalue weighted by Gasteiger charge is -2.43. The molecule has 0 unspecified atom stereocenters. The molecule has 1 heterocycles. The van der Waals surface area contributed by atoms with Gasteiger partial charge in [-0.05, 0) is 33.9 Å². The van der Waals surface area contributed by atoms with Crippen molar-refractivity contribution < 1.29 is 13.2 Å². The zero-order valence-electron chi connectivity index (χ0n) is 11.6. The van der Waals surface area contributed by atoms with Crippen LogP contribution in [0.25, 0.3) is 0 Å². The normalized spacial score (nSPS) is 21.0. The van der Waals surface area contributed by atoms with Crippen LogP contribution in [0.2, 0.25) is 0 Å². The summed E-state index contributed by atoms with van der Waals surface area (Å²) < 4.78 is 36.4. The number of hydrogen-bond donors (Lipinski definition) is 0. The first-order chi connectivity index (χ1) is 7.73. The molecular formula is C12H25F3N2. The van der Waals surface area contributed by atoms with Gasteiger partial charge in [-0.25, -0.2) is 0 Å². The van der Waals surface area contributed by atoms with Crippen molar-refractivity contribution in [3.8, 4) is 0 Å². The molecule has 0 aromatic heterocycles. The van der Waals surface area contributed by atoms with E-state index in [1.807, 2.05) is 27.9 Å².